The molecule has 12 aromatic rings. The zero-order valence-corrected chi connectivity index (χ0v) is 74.6. The smallest absolute Gasteiger partial charge is 1.00 e. The summed E-state index contributed by atoms with van der Waals surface area (Å²) in [5.41, 5.74) is 29.3. The number of aromatic nitrogens is 18. The summed E-state index contributed by atoms with van der Waals surface area (Å²) >= 11 is 0. The van der Waals surface area contributed by atoms with E-state index in [9.17, 15) is 4.79 Å². The van der Waals surface area contributed by atoms with Gasteiger partial charge in [0.15, 0.2) is 17.7 Å². The predicted octanol–water partition coefficient (Wildman–Crippen LogP) is 10.6. The van der Waals surface area contributed by atoms with Crippen LogP contribution in [-0.4, -0.2) is 149 Å². The average molecular weight is 1800 g/mol. The molecule has 24 heterocycles. The van der Waals surface area contributed by atoms with Gasteiger partial charge in [-0.2, -0.15) is 0 Å². The molecule has 0 amide bonds. The molecule has 24 rings (SSSR count). The molecule has 0 saturated carbocycles. The van der Waals surface area contributed by atoms with Gasteiger partial charge in [0.25, 0.3) is 5.82 Å². The topological polar surface area (TPSA) is 312 Å². The molecule has 12 aliphatic heterocycles. The van der Waals surface area contributed by atoms with Gasteiger partial charge in [0.1, 0.15) is 41.5 Å². The van der Waals surface area contributed by atoms with Gasteiger partial charge in [0.05, 0.1) is 122 Å². The number of imidazole rings is 5. The average Bonchev–Trinajstić information content (AvgIpc) is 1.63. The number of carbonyl (C=O) groups excluding carboxylic acids is 1. The number of halogens is 1. The Labute approximate surface area is 777 Å². The normalized spacial score (nSPS) is 16.4. The van der Waals surface area contributed by atoms with E-state index in [0.717, 1.165) is 217 Å². The fraction of sp³-hybridized carbons (Fsp3) is 0.109. The number of rotatable bonds is 7. The first-order valence-electron chi connectivity index (χ1n) is 41.8. The zero-order valence-electron chi connectivity index (χ0n) is 72.7. The number of aryl methyl sites for hydroxylation is 6. The Balaban J connectivity index is 0.000000124. The largest absolute Gasteiger partial charge is 3.00 e. The van der Waals surface area contributed by atoms with E-state index < -0.39 is 0 Å². The maximum Gasteiger partial charge on any atom is 3.00 e. The standard InChI is InChI=1S/C30H27N8.C28H22N8.C28H20N8.C9H10N2.C5H6N2O.CH4.ClH.Mn/c1-35-13-14-36(2)29(35)27-23-9-5-19(31-23)17-21-7-11-25(33-21)28(30-37(3)15-16-38(30)4)26-12-8-22(34-26)18-20-6-10-24(27)32-20;2*1-35-13-11-29-27(35)25-21-7-3-17(31-21)15-19-5-9-23(33-19)26(28-30-12-14-36(28)2)24-10-6-20(34-24)16-18-4-8-22(25)32-18;1-3-8(10-5-1)7-9-4-2-6-11-9;1-7-3-2-6-5(7)4-8;;;/h5-18,31H,1-4H3;3-16,29,31H,1-2H3;3-16H,1-2H3;1-6,10-11H,7H2;2-4H,1H3;1H4;1H;/q+1;;-2;;;;;+3. The van der Waals surface area contributed by atoms with E-state index in [2.05, 4.69) is 212 Å². The first kappa shape index (κ1) is 87.4. The molecule has 24 bridgehead atoms. The van der Waals surface area contributed by atoms with Gasteiger partial charge in [-0.25, -0.2) is 69.0 Å². The molecular weight excluding hydrogens is 1710 g/mol. The molecule has 0 spiro atoms. The van der Waals surface area contributed by atoms with Crippen molar-refractivity contribution in [1.29, 1.82) is 0 Å². The molecule has 0 saturated heterocycles. The second-order valence-electron chi connectivity index (χ2n) is 31.7. The Hall–Kier alpha value is -16.7. The third kappa shape index (κ3) is 17.8. The number of H-pyrrole nitrogens is 4. The Morgan fingerprint density at radius 2 is 0.985 bits per heavy atom. The van der Waals surface area contributed by atoms with E-state index in [1.807, 2.05) is 207 Å². The molecular formula is C101H90ClMnN28O+2. The van der Waals surface area contributed by atoms with Crippen LogP contribution >= 0.6 is 0 Å². The summed E-state index contributed by atoms with van der Waals surface area (Å²) in [5, 5.41) is 3.36. The fourth-order valence-corrected chi connectivity index (χ4v) is 16.5. The van der Waals surface area contributed by atoms with E-state index in [1.165, 1.54) is 11.4 Å². The first-order chi connectivity index (χ1) is 63.0. The first-order valence-corrected chi connectivity index (χ1v) is 41.8. The molecule has 31 heteroatoms. The summed E-state index contributed by atoms with van der Waals surface area (Å²) < 4.78 is 11.9. The van der Waals surface area contributed by atoms with E-state index in [-0.39, 0.29) is 36.9 Å². The third-order valence-electron chi connectivity index (χ3n) is 22.7. The number of aldehydes is 1. The number of fused-ring (bicyclic) bond motifs is 18. The molecule has 132 heavy (non-hydrogen) atoms. The molecule has 0 aromatic carbocycles. The molecule has 12 aromatic heterocycles. The number of hydrogen-bond donors (Lipinski definition) is 6. The minimum atomic E-state index is 0. The van der Waals surface area contributed by atoms with Crippen molar-refractivity contribution in [3.8, 4) is 22.8 Å². The van der Waals surface area contributed by atoms with Crippen LogP contribution in [0.15, 0.2) is 340 Å². The number of carbonyl (C=O) groups is 1. The van der Waals surface area contributed by atoms with Crippen LogP contribution in [0.1, 0.15) is 86.6 Å². The van der Waals surface area contributed by atoms with Crippen LogP contribution in [0.25, 0.3) is 104 Å². The monoisotopic (exact) mass is 1800 g/mol. The SMILES string of the molecule is C.CN1C=CN(C)C1=C1C2=NC(=CC3=[NH+]C(=C(c4n(C)cc[n+]4C)C4=NC(=Cc5ccc1[nH]5)C=C4)C=C3)C=C2.CN1C=CNC1=C1C2=NC(=CC3=NC(=C(c4nccn4C)C4=NC(=Cc5ccc1[nH]5)C=C4)C=C3)C=C2.Cn1ccnc1-c1c2nc(cc3ccc([n-]3)c(-c3nccn3C)c3nc(cc4ccc1[n-]4)C=C3)C=C2.Cn1ccnc1C=O.[Cl-].[Mn+3].c1c[nH]c(Cc2ccc[nH]2)c1. The van der Waals surface area contributed by atoms with Crippen molar-refractivity contribution in [2.45, 2.75) is 13.8 Å². The number of nitrogens with one attached hydrogen (secondary N) is 6. The second kappa shape index (κ2) is 37.3. The third-order valence-corrected chi connectivity index (χ3v) is 22.7. The summed E-state index contributed by atoms with van der Waals surface area (Å²) in [6, 6.07) is 28.5. The van der Waals surface area contributed by atoms with Crippen molar-refractivity contribution in [3.05, 3.63) is 389 Å². The van der Waals surface area contributed by atoms with Gasteiger partial charge in [-0.15, -0.1) is 22.1 Å². The number of aromatic amines is 4. The van der Waals surface area contributed by atoms with Crippen LogP contribution in [0.2, 0.25) is 0 Å². The van der Waals surface area contributed by atoms with Crippen LogP contribution in [-0.2, 0) is 65.8 Å². The summed E-state index contributed by atoms with van der Waals surface area (Å²) in [5.74, 6) is 5.99. The van der Waals surface area contributed by atoms with Gasteiger partial charge >= 0.3 is 17.1 Å². The number of nitrogens with zero attached hydrogens (tertiary/aromatic N) is 22. The van der Waals surface area contributed by atoms with Crippen molar-refractivity contribution in [2.75, 3.05) is 21.1 Å². The molecule has 0 atom stereocenters. The minimum Gasteiger partial charge on any atom is -1.00 e. The Morgan fingerprint density at radius 3 is 1.48 bits per heavy atom. The molecule has 0 fully saturated rings. The van der Waals surface area contributed by atoms with Gasteiger partial charge < -0.3 is 80.6 Å². The summed E-state index contributed by atoms with van der Waals surface area (Å²) in [6.45, 7) is 0. The van der Waals surface area contributed by atoms with Crippen molar-refractivity contribution < 1.29 is 43.8 Å². The summed E-state index contributed by atoms with van der Waals surface area (Å²) in [4.78, 5) is 95.4. The van der Waals surface area contributed by atoms with E-state index in [0.29, 0.717) is 5.82 Å². The molecule has 0 radical (unpaired) electrons. The van der Waals surface area contributed by atoms with Crippen LogP contribution in [0.5, 0.6) is 0 Å². The van der Waals surface area contributed by atoms with Gasteiger partial charge in [0.2, 0.25) is 11.4 Å². The molecule has 29 nitrogen and oxygen atoms in total. The quantitative estimate of drug-likeness (QED) is 0.0492. The Morgan fingerprint density at radius 1 is 0.470 bits per heavy atom. The van der Waals surface area contributed by atoms with Crippen molar-refractivity contribution in [3.63, 3.8) is 0 Å². The summed E-state index contributed by atoms with van der Waals surface area (Å²) in [7, 11) is 18.0. The van der Waals surface area contributed by atoms with Crippen molar-refractivity contribution in [1.82, 2.24) is 103 Å². The molecule has 652 valence electrons. The molecule has 0 aliphatic carbocycles. The van der Waals surface area contributed by atoms with Crippen molar-refractivity contribution >= 4 is 121 Å². The Kier molecular flexibility index (Phi) is 24.7. The van der Waals surface area contributed by atoms with Gasteiger partial charge in [0, 0.05) is 195 Å². The van der Waals surface area contributed by atoms with Gasteiger partial charge in [-0.1, -0.05) is 43.8 Å². The number of hydrogen-bond acceptors (Lipinski definition) is 16. The zero-order chi connectivity index (χ0) is 87.9. The maximum absolute atomic E-state index is 10.0. The van der Waals surface area contributed by atoms with E-state index in [4.69, 9.17) is 44.9 Å². The van der Waals surface area contributed by atoms with Crippen molar-refractivity contribution in [2.24, 2.45) is 67.2 Å². The maximum atomic E-state index is 10.0. The van der Waals surface area contributed by atoms with Gasteiger partial charge in [-0.3, -0.25) is 4.79 Å². The van der Waals surface area contributed by atoms with E-state index in [1.54, 1.807) is 42.6 Å². The second-order valence-corrected chi connectivity index (χ2v) is 31.7. The predicted molar refractivity (Wildman–Crippen MR) is 515 cm³/mol. The van der Waals surface area contributed by atoms with Crippen LogP contribution in [0, 0.1) is 0 Å². The number of allylic oxidation sites excluding steroid dienone is 18. The minimum absolute atomic E-state index is 0. The molecule has 0 unspecified atom stereocenters. The van der Waals surface area contributed by atoms with Crippen LogP contribution in [0.4, 0.5) is 0 Å². The molecule has 12 aliphatic rings. The fourth-order valence-electron chi connectivity index (χ4n) is 16.5. The Bertz CT molecular complexity index is 7420. The van der Waals surface area contributed by atoms with Crippen LogP contribution < -0.4 is 37.3 Å². The summed E-state index contributed by atoms with van der Waals surface area (Å²) in [6.07, 6.45) is 73.1. The van der Waals surface area contributed by atoms with Gasteiger partial charge in [-0.05, 0) is 152 Å². The van der Waals surface area contributed by atoms with E-state index >= 15 is 0 Å². The van der Waals surface area contributed by atoms with Crippen LogP contribution in [0.3, 0.4) is 0 Å². The molecule has 6 N–H and O–H groups in total. The number of aliphatic imine (C=N–C) groups is 5.